The lowest BCUT2D eigenvalue weighted by Gasteiger charge is -2.10. The maximum Gasteiger partial charge on any atom is 0.234 e. The van der Waals surface area contributed by atoms with E-state index in [9.17, 15) is 9.18 Å². The highest BCUT2D eigenvalue weighted by atomic mass is 32.2. The summed E-state index contributed by atoms with van der Waals surface area (Å²) in [6, 6.07) is 18.0. The van der Waals surface area contributed by atoms with Gasteiger partial charge in [0.05, 0.1) is 5.75 Å². The van der Waals surface area contributed by atoms with E-state index in [-0.39, 0.29) is 17.5 Å². The Bertz CT molecular complexity index is 1160. The second-order valence-electron chi connectivity index (χ2n) is 6.51. The zero-order valence-electron chi connectivity index (χ0n) is 16.1. The average Bonchev–Trinajstić information content (AvgIpc) is 3.20. The molecule has 30 heavy (non-hydrogen) atoms. The molecule has 0 saturated carbocycles. The fourth-order valence-electron chi connectivity index (χ4n) is 2.86. The second kappa shape index (κ2) is 8.87. The monoisotopic (exact) mass is 419 g/mol. The van der Waals surface area contributed by atoms with Gasteiger partial charge in [-0.3, -0.25) is 14.3 Å². The van der Waals surface area contributed by atoms with Crippen LogP contribution in [0.25, 0.3) is 17.1 Å². The third-order valence-electron chi connectivity index (χ3n) is 4.37. The molecule has 6 nitrogen and oxygen atoms in total. The molecule has 4 aromatic rings. The van der Waals surface area contributed by atoms with Crippen LogP contribution in [0, 0.1) is 12.7 Å². The SMILES string of the molecule is Cc1ccc(NC(=O)CSc2nnc(-c3ccncc3)n2-c2ccccc2)cc1F. The summed E-state index contributed by atoms with van der Waals surface area (Å²) in [6.07, 6.45) is 3.39. The van der Waals surface area contributed by atoms with E-state index in [1.807, 2.05) is 47.0 Å². The van der Waals surface area contributed by atoms with E-state index in [1.54, 1.807) is 31.5 Å². The van der Waals surface area contributed by atoms with Crippen molar-refractivity contribution >= 4 is 23.4 Å². The number of hydrogen-bond donors (Lipinski definition) is 1. The van der Waals surface area contributed by atoms with Crippen molar-refractivity contribution in [2.45, 2.75) is 12.1 Å². The number of aromatic nitrogens is 4. The normalized spacial score (nSPS) is 10.7. The molecule has 1 amide bonds. The molecule has 1 N–H and O–H groups in total. The lowest BCUT2D eigenvalue weighted by atomic mass is 10.2. The van der Waals surface area contributed by atoms with Gasteiger partial charge in [0.1, 0.15) is 5.82 Å². The number of nitrogens with zero attached hydrogens (tertiary/aromatic N) is 4. The van der Waals surface area contributed by atoms with Crippen molar-refractivity contribution in [2.24, 2.45) is 0 Å². The molecule has 0 saturated heterocycles. The number of amides is 1. The van der Waals surface area contributed by atoms with Gasteiger partial charge in [0.15, 0.2) is 11.0 Å². The third kappa shape index (κ3) is 4.38. The highest BCUT2D eigenvalue weighted by Crippen LogP contribution is 2.27. The van der Waals surface area contributed by atoms with E-state index >= 15 is 0 Å². The first-order valence-corrected chi connectivity index (χ1v) is 10.2. The van der Waals surface area contributed by atoms with Crippen molar-refractivity contribution in [1.29, 1.82) is 0 Å². The van der Waals surface area contributed by atoms with E-state index in [1.165, 1.54) is 17.8 Å². The standard InChI is InChI=1S/C22H18FN5OS/c1-15-7-8-17(13-19(15)23)25-20(29)14-30-22-27-26-21(16-9-11-24-12-10-16)28(22)18-5-3-2-4-6-18/h2-13H,14H2,1H3,(H,25,29). The lowest BCUT2D eigenvalue weighted by Crippen LogP contribution is -2.14. The Labute approximate surface area is 177 Å². The molecular weight excluding hydrogens is 401 g/mol. The van der Waals surface area contributed by atoms with Crippen LogP contribution < -0.4 is 5.32 Å². The lowest BCUT2D eigenvalue weighted by molar-refractivity contribution is -0.113. The van der Waals surface area contributed by atoms with Crippen molar-refractivity contribution in [3.05, 3.63) is 84.4 Å². The van der Waals surface area contributed by atoms with Gasteiger partial charge in [0.25, 0.3) is 0 Å². The summed E-state index contributed by atoms with van der Waals surface area (Å²) in [5.74, 6) is 0.159. The molecule has 4 rings (SSSR count). The summed E-state index contributed by atoms with van der Waals surface area (Å²) < 4.78 is 15.6. The molecule has 0 radical (unpaired) electrons. The Morgan fingerprint density at radius 1 is 1.07 bits per heavy atom. The number of nitrogens with one attached hydrogen (secondary N) is 1. The van der Waals surface area contributed by atoms with Gasteiger partial charge >= 0.3 is 0 Å². The van der Waals surface area contributed by atoms with Crippen LogP contribution in [-0.4, -0.2) is 31.4 Å². The number of rotatable bonds is 6. The highest BCUT2D eigenvalue weighted by molar-refractivity contribution is 7.99. The van der Waals surface area contributed by atoms with Crippen LogP contribution in [0.15, 0.2) is 78.2 Å². The minimum absolute atomic E-state index is 0.108. The van der Waals surface area contributed by atoms with Gasteiger partial charge < -0.3 is 5.32 Å². The number of pyridine rings is 1. The van der Waals surface area contributed by atoms with Crippen LogP contribution in [0.4, 0.5) is 10.1 Å². The summed E-state index contributed by atoms with van der Waals surface area (Å²) in [5, 5.41) is 11.9. The van der Waals surface area contributed by atoms with Gasteiger partial charge in [0, 0.05) is 29.3 Å². The number of anilines is 1. The summed E-state index contributed by atoms with van der Waals surface area (Å²) >= 11 is 1.26. The van der Waals surface area contributed by atoms with Gasteiger partial charge in [-0.1, -0.05) is 36.0 Å². The van der Waals surface area contributed by atoms with Gasteiger partial charge in [-0.15, -0.1) is 10.2 Å². The van der Waals surface area contributed by atoms with Gasteiger partial charge in [-0.05, 0) is 48.9 Å². The first-order valence-electron chi connectivity index (χ1n) is 9.22. The Morgan fingerprint density at radius 3 is 2.57 bits per heavy atom. The molecule has 0 aliphatic carbocycles. The van der Waals surface area contributed by atoms with E-state index in [0.717, 1.165) is 11.3 Å². The number of para-hydroxylation sites is 1. The van der Waals surface area contributed by atoms with E-state index in [4.69, 9.17) is 0 Å². The number of halogens is 1. The van der Waals surface area contributed by atoms with E-state index in [2.05, 4.69) is 20.5 Å². The van der Waals surface area contributed by atoms with Crippen LogP contribution in [0.2, 0.25) is 0 Å². The predicted molar refractivity (Wildman–Crippen MR) is 115 cm³/mol. The Kier molecular flexibility index (Phi) is 5.85. The molecule has 2 aromatic heterocycles. The van der Waals surface area contributed by atoms with E-state index < -0.39 is 0 Å². The van der Waals surface area contributed by atoms with Crippen molar-refractivity contribution in [3.8, 4) is 17.1 Å². The molecule has 150 valence electrons. The Balaban J connectivity index is 1.56. The van der Waals surface area contributed by atoms with Gasteiger partial charge in [-0.2, -0.15) is 0 Å². The minimum atomic E-state index is -0.355. The molecule has 0 atom stereocenters. The number of carbonyl (C=O) groups is 1. The second-order valence-corrected chi connectivity index (χ2v) is 7.46. The molecular formula is C22H18FN5OS. The van der Waals surface area contributed by atoms with Crippen LogP contribution in [0.5, 0.6) is 0 Å². The van der Waals surface area contributed by atoms with Crippen LogP contribution in [0.1, 0.15) is 5.56 Å². The summed E-state index contributed by atoms with van der Waals surface area (Å²) in [4.78, 5) is 16.4. The molecule has 0 fully saturated rings. The molecule has 2 heterocycles. The molecule has 0 bridgehead atoms. The highest BCUT2D eigenvalue weighted by Gasteiger charge is 2.17. The Morgan fingerprint density at radius 2 is 1.83 bits per heavy atom. The fourth-order valence-corrected chi connectivity index (χ4v) is 3.61. The number of hydrogen-bond acceptors (Lipinski definition) is 5. The maximum atomic E-state index is 13.7. The summed E-state index contributed by atoms with van der Waals surface area (Å²) in [6.45, 7) is 1.67. The molecule has 0 spiro atoms. The zero-order chi connectivity index (χ0) is 20.9. The molecule has 2 aromatic carbocycles. The number of aryl methyl sites for hydroxylation is 1. The summed E-state index contributed by atoms with van der Waals surface area (Å²) in [7, 11) is 0. The van der Waals surface area contributed by atoms with Crippen LogP contribution >= 0.6 is 11.8 Å². The minimum Gasteiger partial charge on any atom is -0.325 e. The van der Waals surface area contributed by atoms with Crippen molar-refractivity contribution in [3.63, 3.8) is 0 Å². The molecule has 0 unspecified atom stereocenters. The third-order valence-corrected chi connectivity index (χ3v) is 5.30. The van der Waals surface area contributed by atoms with Gasteiger partial charge in [-0.25, -0.2) is 4.39 Å². The molecule has 0 aliphatic heterocycles. The average molecular weight is 419 g/mol. The molecule has 0 aliphatic rings. The molecule has 8 heteroatoms. The smallest absolute Gasteiger partial charge is 0.234 e. The van der Waals surface area contributed by atoms with Crippen LogP contribution in [0.3, 0.4) is 0 Å². The predicted octanol–water partition coefficient (Wildman–Crippen LogP) is 4.51. The van der Waals surface area contributed by atoms with Crippen molar-refractivity contribution in [1.82, 2.24) is 19.7 Å². The van der Waals surface area contributed by atoms with Gasteiger partial charge in [0.2, 0.25) is 5.91 Å². The van der Waals surface area contributed by atoms with Crippen molar-refractivity contribution < 1.29 is 9.18 Å². The van der Waals surface area contributed by atoms with Crippen LogP contribution in [-0.2, 0) is 4.79 Å². The van der Waals surface area contributed by atoms with Crippen molar-refractivity contribution in [2.75, 3.05) is 11.1 Å². The number of carbonyl (C=O) groups excluding carboxylic acids is 1. The first kappa shape index (κ1) is 19.8. The number of thioether (sulfide) groups is 1. The number of benzene rings is 2. The largest absolute Gasteiger partial charge is 0.325 e. The fraction of sp³-hybridized carbons (Fsp3) is 0.0909. The quantitative estimate of drug-likeness (QED) is 0.466. The maximum absolute atomic E-state index is 13.7. The first-order chi connectivity index (χ1) is 14.6. The zero-order valence-corrected chi connectivity index (χ0v) is 16.9. The van der Waals surface area contributed by atoms with E-state index in [0.29, 0.717) is 22.2 Å². The summed E-state index contributed by atoms with van der Waals surface area (Å²) in [5.41, 5.74) is 2.71. The topological polar surface area (TPSA) is 72.7 Å². The Hall–Kier alpha value is -3.52.